The van der Waals surface area contributed by atoms with Crippen LogP contribution in [0.1, 0.15) is 25.0 Å². The minimum atomic E-state index is -0.415. The summed E-state index contributed by atoms with van der Waals surface area (Å²) in [5, 5.41) is 1.19. The van der Waals surface area contributed by atoms with Gasteiger partial charge >= 0.3 is 0 Å². The first-order valence-corrected chi connectivity index (χ1v) is 9.65. The van der Waals surface area contributed by atoms with Crippen molar-refractivity contribution in [3.8, 4) is 11.5 Å². The first-order chi connectivity index (χ1) is 13.3. The van der Waals surface area contributed by atoms with E-state index in [1.54, 1.807) is 30.3 Å². The Balaban J connectivity index is 1.65. The van der Waals surface area contributed by atoms with Gasteiger partial charge in [-0.2, -0.15) is 0 Å². The molecule has 0 aliphatic heterocycles. The lowest BCUT2D eigenvalue weighted by Gasteiger charge is -2.25. The van der Waals surface area contributed by atoms with Crippen molar-refractivity contribution >= 4 is 23.2 Å². The Kier molecular flexibility index (Phi) is 6.61. The molecule has 0 bridgehead atoms. The average Bonchev–Trinajstić information content (AvgIpc) is 2.64. The van der Waals surface area contributed by atoms with E-state index in [4.69, 9.17) is 32.7 Å². The fraction of sp³-hybridized carbons (Fsp3) is 0.217. The van der Waals surface area contributed by atoms with Crippen LogP contribution >= 0.6 is 23.2 Å². The first-order valence-electron chi connectivity index (χ1n) is 8.89. The highest BCUT2D eigenvalue weighted by molar-refractivity contribution is 6.34. The summed E-state index contributed by atoms with van der Waals surface area (Å²) in [4.78, 5) is 0. The fourth-order valence-electron chi connectivity index (χ4n) is 2.78. The van der Waals surface area contributed by atoms with E-state index in [0.717, 1.165) is 11.1 Å². The Bertz CT molecular complexity index is 922. The maximum Gasteiger partial charge on any atom is 0.165 e. The van der Waals surface area contributed by atoms with Gasteiger partial charge in [0.15, 0.2) is 11.6 Å². The van der Waals surface area contributed by atoms with Crippen molar-refractivity contribution in [2.24, 2.45) is 0 Å². The van der Waals surface area contributed by atoms with Gasteiger partial charge in [0, 0.05) is 15.5 Å². The normalized spacial score (nSPS) is 11.5. The van der Waals surface area contributed by atoms with Gasteiger partial charge in [-0.1, -0.05) is 61.3 Å². The molecule has 0 saturated carbocycles. The number of halogens is 3. The second-order valence-electron chi connectivity index (χ2n) is 7.21. The predicted molar refractivity (Wildman–Crippen MR) is 112 cm³/mol. The van der Waals surface area contributed by atoms with Gasteiger partial charge in [-0.3, -0.25) is 0 Å². The number of hydrogen-bond acceptors (Lipinski definition) is 2. The summed E-state index contributed by atoms with van der Waals surface area (Å²) in [6.07, 6.45) is 0. The Morgan fingerprint density at radius 3 is 2.25 bits per heavy atom. The van der Waals surface area contributed by atoms with Gasteiger partial charge in [0.1, 0.15) is 5.75 Å². The highest BCUT2D eigenvalue weighted by Crippen LogP contribution is 2.30. The van der Waals surface area contributed by atoms with Crippen LogP contribution in [-0.4, -0.2) is 6.61 Å². The van der Waals surface area contributed by atoms with E-state index in [-0.39, 0.29) is 11.2 Å². The molecule has 5 heteroatoms. The van der Waals surface area contributed by atoms with Gasteiger partial charge < -0.3 is 9.47 Å². The third kappa shape index (κ3) is 5.48. The van der Waals surface area contributed by atoms with Crippen LogP contribution in [0.5, 0.6) is 11.5 Å². The van der Waals surface area contributed by atoms with Crippen LogP contribution in [0.15, 0.2) is 66.7 Å². The third-order valence-electron chi connectivity index (χ3n) is 4.34. The van der Waals surface area contributed by atoms with Gasteiger partial charge in [0.2, 0.25) is 0 Å². The van der Waals surface area contributed by atoms with Crippen LogP contribution < -0.4 is 4.74 Å². The summed E-state index contributed by atoms with van der Waals surface area (Å²) >= 11 is 12.2. The standard InChI is InChI=1S/C23H21Cl2FO2/c1-23(2,17-11-18(24)13-19(25)12-17)15-27-14-16-8-9-21(26)22(10-16)28-20-6-4-3-5-7-20/h3-13H,14-15H2,1-2H3. The average molecular weight is 419 g/mol. The van der Waals surface area contributed by atoms with Gasteiger partial charge in [0.25, 0.3) is 0 Å². The molecule has 0 amide bonds. The van der Waals surface area contributed by atoms with Crippen molar-refractivity contribution in [3.63, 3.8) is 0 Å². The lowest BCUT2D eigenvalue weighted by Crippen LogP contribution is -2.24. The minimum absolute atomic E-state index is 0.174. The Labute approximate surface area is 174 Å². The highest BCUT2D eigenvalue weighted by atomic mass is 35.5. The van der Waals surface area contributed by atoms with E-state index in [0.29, 0.717) is 29.0 Å². The molecule has 0 atom stereocenters. The van der Waals surface area contributed by atoms with Gasteiger partial charge in [0.05, 0.1) is 13.2 Å². The molecule has 3 aromatic rings. The number of rotatable bonds is 7. The van der Waals surface area contributed by atoms with Crippen molar-refractivity contribution in [2.75, 3.05) is 6.61 Å². The van der Waals surface area contributed by atoms with Crippen molar-refractivity contribution < 1.29 is 13.9 Å². The predicted octanol–water partition coefficient (Wildman–Crippen LogP) is 7.42. The summed E-state index contributed by atoms with van der Waals surface area (Å²) in [5.41, 5.74) is 1.54. The molecule has 2 nitrogen and oxygen atoms in total. The van der Waals surface area contributed by atoms with Gasteiger partial charge in [-0.15, -0.1) is 0 Å². The monoisotopic (exact) mass is 418 g/mol. The molecule has 3 aromatic carbocycles. The second kappa shape index (κ2) is 8.95. The fourth-order valence-corrected chi connectivity index (χ4v) is 3.31. The lowest BCUT2D eigenvalue weighted by atomic mass is 9.85. The van der Waals surface area contributed by atoms with Crippen LogP contribution in [0.3, 0.4) is 0 Å². The zero-order valence-corrected chi connectivity index (χ0v) is 17.2. The van der Waals surface area contributed by atoms with E-state index >= 15 is 0 Å². The number of ether oxygens (including phenoxy) is 2. The van der Waals surface area contributed by atoms with Gasteiger partial charge in [-0.25, -0.2) is 4.39 Å². The minimum Gasteiger partial charge on any atom is -0.454 e. The number of hydrogen-bond donors (Lipinski definition) is 0. The molecule has 0 aliphatic rings. The molecule has 146 valence electrons. The summed E-state index contributed by atoms with van der Waals surface area (Å²) in [6.45, 7) is 4.91. The quantitative estimate of drug-likeness (QED) is 0.397. The maximum atomic E-state index is 14.1. The van der Waals surface area contributed by atoms with E-state index < -0.39 is 5.82 Å². The molecule has 0 fully saturated rings. The van der Waals surface area contributed by atoms with Crippen LogP contribution in [0, 0.1) is 5.82 Å². The molecule has 0 unspecified atom stereocenters. The maximum absolute atomic E-state index is 14.1. The molecule has 0 aromatic heterocycles. The summed E-state index contributed by atoms with van der Waals surface area (Å²) in [7, 11) is 0. The molecular weight excluding hydrogens is 398 g/mol. The first kappa shape index (κ1) is 20.7. The molecular formula is C23H21Cl2FO2. The van der Waals surface area contributed by atoms with Crippen LogP contribution in [0.25, 0.3) is 0 Å². The van der Waals surface area contributed by atoms with Crippen LogP contribution in [-0.2, 0) is 16.8 Å². The van der Waals surface area contributed by atoms with E-state index in [2.05, 4.69) is 13.8 Å². The molecule has 0 N–H and O–H groups in total. The van der Waals surface area contributed by atoms with Gasteiger partial charge in [-0.05, 0) is 53.6 Å². The molecule has 0 heterocycles. The molecule has 3 rings (SSSR count). The van der Waals surface area contributed by atoms with Crippen molar-refractivity contribution in [1.29, 1.82) is 0 Å². The topological polar surface area (TPSA) is 18.5 Å². The number of para-hydroxylation sites is 1. The molecule has 0 aliphatic carbocycles. The van der Waals surface area contributed by atoms with E-state index in [1.807, 2.05) is 30.3 Å². The van der Waals surface area contributed by atoms with Crippen LogP contribution in [0.2, 0.25) is 10.0 Å². The Morgan fingerprint density at radius 2 is 1.57 bits per heavy atom. The zero-order chi connectivity index (χ0) is 20.1. The molecule has 0 spiro atoms. The zero-order valence-electron chi connectivity index (χ0n) is 15.7. The van der Waals surface area contributed by atoms with E-state index in [9.17, 15) is 4.39 Å². The number of benzene rings is 3. The Hall–Kier alpha value is -2.07. The smallest absolute Gasteiger partial charge is 0.165 e. The molecule has 28 heavy (non-hydrogen) atoms. The summed E-state index contributed by atoms with van der Waals surface area (Å²) in [6, 6.07) is 19.3. The van der Waals surface area contributed by atoms with Crippen molar-refractivity contribution in [2.45, 2.75) is 25.9 Å². The molecule has 0 radical (unpaired) electrons. The Morgan fingerprint density at radius 1 is 0.893 bits per heavy atom. The summed E-state index contributed by atoms with van der Waals surface area (Å²) < 4.78 is 25.6. The lowest BCUT2D eigenvalue weighted by molar-refractivity contribution is 0.0823. The highest BCUT2D eigenvalue weighted by Gasteiger charge is 2.22. The molecule has 0 saturated heterocycles. The second-order valence-corrected chi connectivity index (χ2v) is 8.09. The third-order valence-corrected chi connectivity index (χ3v) is 4.78. The van der Waals surface area contributed by atoms with Crippen molar-refractivity contribution in [1.82, 2.24) is 0 Å². The van der Waals surface area contributed by atoms with E-state index in [1.165, 1.54) is 6.07 Å². The van der Waals surface area contributed by atoms with Crippen molar-refractivity contribution in [3.05, 3.63) is 93.7 Å². The largest absolute Gasteiger partial charge is 0.454 e. The van der Waals surface area contributed by atoms with Crippen LogP contribution in [0.4, 0.5) is 4.39 Å². The summed E-state index contributed by atoms with van der Waals surface area (Å²) in [5.74, 6) is 0.341. The SMILES string of the molecule is CC(C)(COCc1ccc(F)c(Oc2ccccc2)c1)c1cc(Cl)cc(Cl)c1.